The first-order chi connectivity index (χ1) is 8.18. The predicted octanol–water partition coefficient (Wildman–Crippen LogP) is 2.00. The molecule has 2 unspecified atom stereocenters. The number of fused-ring (bicyclic) bond motifs is 1. The first-order valence-corrected chi connectivity index (χ1v) is 6.78. The normalized spacial score (nSPS) is 21.4. The Morgan fingerprint density at radius 3 is 3.06 bits per heavy atom. The van der Waals surface area contributed by atoms with Crippen LogP contribution in [-0.4, -0.2) is 25.6 Å². The van der Waals surface area contributed by atoms with Gasteiger partial charge in [0.1, 0.15) is 15.9 Å². The summed E-state index contributed by atoms with van der Waals surface area (Å²) in [5.41, 5.74) is 6.74. The van der Waals surface area contributed by atoms with Crippen LogP contribution < -0.4 is 5.73 Å². The molecule has 0 amide bonds. The average molecular weight is 314 g/mol. The SMILES string of the molecule is Nc1nccn2c(C3CCCN3P)nc(Br)c12. The highest BCUT2D eigenvalue weighted by atomic mass is 79.9. The van der Waals surface area contributed by atoms with Crippen LogP contribution >= 0.6 is 25.3 Å². The van der Waals surface area contributed by atoms with Crippen molar-refractivity contribution >= 4 is 36.7 Å². The summed E-state index contributed by atoms with van der Waals surface area (Å²) in [5.74, 6) is 1.53. The third-order valence-electron chi connectivity index (χ3n) is 3.16. The molecule has 0 spiro atoms. The lowest BCUT2D eigenvalue weighted by Crippen LogP contribution is -2.14. The minimum Gasteiger partial charge on any atom is -0.382 e. The maximum atomic E-state index is 5.88. The minimum absolute atomic E-state index is 0.334. The number of anilines is 1. The summed E-state index contributed by atoms with van der Waals surface area (Å²) in [4.78, 5) is 8.68. The smallest absolute Gasteiger partial charge is 0.150 e. The summed E-state index contributed by atoms with van der Waals surface area (Å²) in [6.45, 7) is 1.09. The predicted molar refractivity (Wildman–Crippen MR) is 73.5 cm³/mol. The molecule has 0 radical (unpaired) electrons. The van der Waals surface area contributed by atoms with Crippen LogP contribution in [0.4, 0.5) is 5.82 Å². The van der Waals surface area contributed by atoms with E-state index in [9.17, 15) is 0 Å². The van der Waals surface area contributed by atoms with Crippen LogP contribution in [0.15, 0.2) is 17.0 Å². The highest BCUT2D eigenvalue weighted by Crippen LogP contribution is 2.36. The van der Waals surface area contributed by atoms with Crippen LogP contribution in [-0.2, 0) is 0 Å². The van der Waals surface area contributed by atoms with E-state index in [1.165, 1.54) is 6.42 Å². The van der Waals surface area contributed by atoms with E-state index in [1.54, 1.807) is 6.20 Å². The fourth-order valence-corrected chi connectivity index (χ4v) is 3.38. The van der Waals surface area contributed by atoms with Crippen molar-refractivity contribution in [2.45, 2.75) is 18.9 Å². The van der Waals surface area contributed by atoms with E-state index in [4.69, 9.17) is 5.73 Å². The molecule has 17 heavy (non-hydrogen) atoms. The molecule has 2 aromatic rings. The molecule has 0 saturated carbocycles. The lowest BCUT2D eigenvalue weighted by Gasteiger charge is -2.17. The van der Waals surface area contributed by atoms with Crippen LogP contribution in [0.2, 0.25) is 0 Å². The van der Waals surface area contributed by atoms with Crippen molar-refractivity contribution in [3.8, 4) is 0 Å². The molecule has 0 bridgehead atoms. The summed E-state index contributed by atoms with van der Waals surface area (Å²) >= 11 is 3.46. The molecular weight excluding hydrogens is 301 g/mol. The highest BCUT2D eigenvalue weighted by Gasteiger charge is 2.28. The summed E-state index contributed by atoms with van der Waals surface area (Å²) in [6.07, 6.45) is 5.94. The van der Waals surface area contributed by atoms with E-state index < -0.39 is 0 Å². The molecule has 3 rings (SSSR count). The molecule has 90 valence electrons. The van der Waals surface area contributed by atoms with E-state index in [0.29, 0.717) is 11.9 Å². The number of halogens is 1. The van der Waals surface area contributed by atoms with Gasteiger partial charge in [0.25, 0.3) is 0 Å². The van der Waals surface area contributed by atoms with E-state index in [1.807, 2.05) is 10.6 Å². The van der Waals surface area contributed by atoms with Gasteiger partial charge in [-0.3, -0.25) is 9.07 Å². The zero-order valence-electron chi connectivity index (χ0n) is 9.17. The van der Waals surface area contributed by atoms with Gasteiger partial charge in [0, 0.05) is 18.9 Å². The van der Waals surface area contributed by atoms with Gasteiger partial charge in [-0.25, -0.2) is 9.97 Å². The first-order valence-electron chi connectivity index (χ1n) is 5.47. The Hall–Kier alpha value is -0.710. The number of nitrogen functional groups attached to an aromatic ring is 1. The molecule has 7 heteroatoms. The molecule has 1 fully saturated rings. The van der Waals surface area contributed by atoms with Crippen molar-refractivity contribution in [3.05, 3.63) is 22.8 Å². The number of hydrogen-bond acceptors (Lipinski definition) is 4. The first kappa shape index (κ1) is 11.4. The van der Waals surface area contributed by atoms with E-state index in [2.05, 4.69) is 40.0 Å². The maximum absolute atomic E-state index is 5.88. The van der Waals surface area contributed by atoms with Gasteiger partial charge in [0.15, 0.2) is 5.82 Å². The average Bonchev–Trinajstić information content (AvgIpc) is 2.84. The third kappa shape index (κ3) is 1.75. The van der Waals surface area contributed by atoms with Crippen LogP contribution in [0.3, 0.4) is 0 Å². The molecule has 3 heterocycles. The quantitative estimate of drug-likeness (QED) is 0.818. The molecule has 2 atom stereocenters. The molecule has 1 saturated heterocycles. The topological polar surface area (TPSA) is 59.4 Å². The zero-order valence-corrected chi connectivity index (χ0v) is 11.9. The Balaban J connectivity index is 2.20. The van der Waals surface area contributed by atoms with E-state index >= 15 is 0 Å². The van der Waals surface area contributed by atoms with Crippen LogP contribution in [0.25, 0.3) is 5.52 Å². The molecule has 2 N–H and O–H groups in total. The van der Waals surface area contributed by atoms with Gasteiger partial charge in [0.2, 0.25) is 0 Å². The highest BCUT2D eigenvalue weighted by molar-refractivity contribution is 9.10. The van der Waals surface area contributed by atoms with Gasteiger partial charge in [-0.1, -0.05) is 9.39 Å². The Labute approximate surface area is 110 Å². The van der Waals surface area contributed by atoms with Gasteiger partial charge >= 0.3 is 0 Å². The molecule has 2 aromatic heterocycles. The standard InChI is InChI=1S/C10H13BrN5P/c11-8-7-9(12)13-3-5-15(7)10(14-8)6-2-1-4-16(6)17/h3,5-6H,1-2,4,17H2,(H2,12,13). The molecule has 1 aliphatic rings. The van der Waals surface area contributed by atoms with E-state index in [-0.39, 0.29) is 0 Å². The Morgan fingerprint density at radius 1 is 1.53 bits per heavy atom. The lowest BCUT2D eigenvalue weighted by molar-refractivity contribution is 0.429. The second-order valence-corrected chi connectivity index (χ2v) is 5.60. The number of nitrogens with two attached hydrogens (primary N) is 1. The second kappa shape index (κ2) is 4.19. The number of rotatable bonds is 1. The van der Waals surface area contributed by atoms with Gasteiger partial charge in [-0.05, 0) is 28.8 Å². The summed E-state index contributed by atoms with van der Waals surface area (Å²) in [7, 11) is 2.77. The van der Waals surface area contributed by atoms with Crippen LogP contribution in [0.5, 0.6) is 0 Å². The number of nitrogens with zero attached hydrogens (tertiary/aromatic N) is 4. The molecule has 5 nitrogen and oxygen atoms in total. The van der Waals surface area contributed by atoms with Gasteiger partial charge < -0.3 is 5.73 Å². The molecule has 0 aliphatic carbocycles. The largest absolute Gasteiger partial charge is 0.382 e. The Morgan fingerprint density at radius 2 is 2.35 bits per heavy atom. The van der Waals surface area contributed by atoms with Gasteiger partial charge in [-0.15, -0.1) is 0 Å². The van der Waals surface area contributed by atoms with Gasteiger partial charge in [-0.2, -0.15) is 0 Å². The number of imidazole rings is 1. The minimum atomic E-state index is 0.334. The van der Waals surface area contributed by atoms with E-state index in [0.717, 1.165) is 28.9 Å². The van der Waals surface area contributed by atoms with Crippen LogP contribution in [0.1, 0.15) is 24.7 Å². The third-order valence-corrected chi connectivity index (χ3v) is 4.33. The fourth-order valence-electron chi connectivity index (χ4n) is 2.34. The molecule has 1 aliphatic heterocycles. The fraction of sp³-hybridized carbons (Fsp3) is 0.400. The van der Waals surface area contributed by atoms with Crippen molar-refractivity contribution < 1.29 is 0 Å². The Kier molecular flexibility index (Phi) is 2.81. The summed E-state index contributed by atoms with van der Waals surface area (Å²) < 4.78 is 5.04. The number of aromatic nitrogens is 3. The maximum Gasteiger partial charge on any atom is 0.150 e. The Bertz CT molecular complexity index is 569. The van der Waals surface area contributed by atoms with Crippen molar-refractivity contribution in [3.63, 3.8) is 0 Å². The van der Waals surface area contributed by atoms with Crippen LogP contribution in [0, 0.1) is 0 Å². The summed E-state index contributed by atoms with van der Waals surface area (Å²) in [6, 6.07) is 0.334. The van der Waals surface area contributed by atoms with Crippen molar-refractivity contribution in [2.75, 3.05) is 12.3 Å². The number of hydrogen-bond donors (Lipinski definition) is 1. The van der Waals surface area contributed by atoms with Crippen molar-refractivity contribution in [1.29, 1.82) is 0 Å². The summed E-state index contributed by atoms with van der Waals surface area (Å²) in [5, 5.41) is 0. The molecule has 0 aromatic carbocycles. The zero-order chi connectivity index (χ0) is 12.0. The monoisotopic (exact) mass is 313 g/mol. The van der Waals surface area contributed by atoms with Gasteiger partial charge in [0.05, 0.1) is 6.04 Å². The molecular formula is C10H13BrN5P. The second-order valence-electron chi connectivity index (χ2n) is 4.19. The van der Waals surface area contributed by atoms with Crippen molar-refractivity contribution in [2.24, 2.45) is 0 Å². The van der Waals surface area contributed by atoms with Crippen molar-refractivity contribution in [1.82, 2.24) is 19.0 Å². The lowest BCUT2D eigenvalue weighted by atomic mass is 10.2.